The summed E-state index contributed by atoms with van der Waals surface area (Å²) in [6.07, 6.45) is 2.71. The van der Waals surface area contributed by atoms with Crippen molar-refractivity contribution in [3.63, 3.8) is 0 Å². The van der Waals surface area contributed by atoms with Crippen LogP contribution in [0.5, 0.6) is 0 Å². The van der Waals surface area contributed by atoms with Crippen molar-refractivity contribution in [3.8, 4) is 0 Å². The number of nitrogens with one attached hydrogen (secondary N) is 2. The molecular weight excluding hydrogens is 318 g/mol. The molecule has 0 aromatic carbocycles. The molecule has 1 amide bonds. The lowest BCUT2D eigenvalue weighted by molar-refractivity contribution is 0.0963. The molecule has 1 saturated heterocycles. The molecule has 1 rings (SSSR count). The van der Waals surface area contributed by atoms with Gasteiger partial charge in [-0.15, -0.1) is 0 Å². The lowest BCUT2D eigenvalue weighted by atomic mass is 10.1. The number of hydrogen-bond donors (Lipinski definition) is 2. The van der Waals surface area contributed by atoms with E-state index in [2.05, 4.69) is 36.3 Å². The van der Waals surface area contributed by atoms with Gasteiger partial charge in [0.1, 0.15) is 0 Å². The van der Waals surface area contributed by atoms with Crippen LogP contribution in [-0.2, 0) is 4.74 Å². The third-order valence-corrected chi connectivity index (χ3v) is 4.50. The predicted molar refractivity (Wildman–Crippen MR) is 103 cm³/mol. The van der Waals surface area contributed by atoms with E-state index in [1.54, 1.807) is 4.90 Å². The Morgan fingerprint density at radius 3 is 2.44 bits per heavy atom. The molecular formula is C18H37N5O2. The fourth-order valence-corrected chi connectivity index (χ4v) is 2.96. The Morgan fingerprint density at radius 2 is 1.88 bits per heavy atom. The van der Waals surface area contributed by atoms with Gasteiger partial charge in [-0.05, 0) is 52.7 Å². The van der Waals surface area contributed by atoms with E-state index in [1.807, 2.05) is 6.92 Å². The maximum Gasteiger partial charge on any atom is 0.409 e. The summed E-state index contributed by atoms with van der Waals surface area (Å²) in [5.74, 6) is 0.886. The molecule has 0 bridgehead atoms. The molecule has 1 heterocycles. The highest BCUT2D eigenvalue weighted by Gasteiger charge is 2.23. The lowest BCUT2D eigenvalue weighted by Crippen LogP contribution is -2.50. The van der Waals surface area contributed by atoms with Crippen molar-refractivity contribution in [2.45, 2.75) is 53.0 Å². The summed E-state index contributed by atoms with van der Waals surface area (Å²) in [7, 11) is 0. The maximum atomic E-state index is 11.8. The minimum atomic E-state index is -0.196. The molecule has 0 spiro atoms. The number of likely N-dealkylation sites (tertiary alicyclic amines) is 1. The molecule has 0 unspecified atom stereocenters. The zero-order valence-electron chi connectivity index (χ0n) is 16.5. The second-order valence-electron chi connectivity index (χ2n) is 6.25. The van der Waals surface area contributed by atoms with Crippen molar-refractivity contribution in [1.82, 2.24) is 20.4 Å². The van der Waals surface area contributed by atoms with Gasteiger partial charge in [0.15, 0.2) is 5.96 Å². The van der Waals surface area contributed by atoms with E-state index in [4.69, 9.17) is 9.73 Å². The van der Waals surface area contributed by atoms with E-state index in [0.29, 0.717) is 12.6 Å². The molecule has 0 atom stereocenters. The number of rotatable bonds is 9. The van der Waals surface area contributed by atoms with Crippen LogP contribution in [0.1, 0.15) is 47.0 Å². The van der Waals surface area contributed by atoms with Gasteiger partial charge in [0.2, 0.25) is 0 Å². The predicted octanol–water partition coefficient (Wildman–Crippen LogP) is 1.89. The summed E-state index contributed by atoms with van der Waals surface area (Å²) < 4.78 is 5.07. The molecule has 0 aliphatic carbocycles. The Morgan fingerprint density at radius 1 is 1.20 bits per heavy atom. The number of hydrogen-bond acceptors (Lipinski definition) is 4. The summed E-state index contributed by atoms with van der Waals surface area (Å²) >= 11 is 0. The Balaban J connectivity index is 2.37. The first kappa shape index (κ1) is 21.5. The zero-order chi connectivity index (χ0) is 18.5. The van der Waals surface area contributed by atoms with Crippen molar-refractivity contribution >= 4 is 12.1 Å². The fraction of sp³-hybridized carbons (Fsp3) is 0.889. The fourth-order valence-electron chi connectivity index (χ4n) is 2.96. The van der Waals surface area contributed by atoms with E-state index in [-0.39, 0.29) is 6.09 Å². The van der Waals surface area contributed by atoms with Gasteiger partial charge < -0.3 is 25.2 Å². The van der Waals surface area contributed by atoms with Crippen molar-refractivity contribution in [1.29, 1.82) is 0 Å². The Kier molecular flexibility index (Phi) is 11.0. The van der Waals surface area contributed by atoms with Crippen LogP contribution in [-0.4, -0.2) is 80.3 Å². The molecule has 25 heavy (non-hydrogen) atoms. The van der Waals surface area contributed by atoms with Gasteiger partial charge in [0.25, 0.3) is 0 Å². The highest BCUT2D eigenvalue weighted by atomic mass is 16.6. The third kappa shape index (κ3) is 8.43. The Labute approximate surface area is 153 Å². The number of piperidine rings is 1. The highest BCUT2D eigenvalue weighted by Crippen LogP contribution is 2.11. The number of amides is 1. The van der Waals surface area contributed by atoms with Gasteiger partial charge in [-0.1, -0.05) is 13.8 Å². The van der Waals surface area contributed by atoms with Crippen molar-refractivity contribution in [3.05, 3.63) is 0 Å². The number of carbonyl (C=O) groups is 1. The van der Waals surface area contributed by atoms with Crippen LogP contribution in [0.15, 0.2) is 4.99 Å². The number of aliphatic imine (C=N–C) groups is 1. The van der Waals surface area contributed by atoms with Crippen molar-refractivity contribution in [2.24, 2.45) is 4.99 Å². The SMILES string of the molecule is CCNC(=NCCCN(CC)CC)NC1CCN(C(=O)OCC)CC1. The van der Waals surface area contributed by atoms with Crippen LogP contribution in [0.25, 0.3) is 0 Å². The molecule has 0 aromatic rings. The van der Waals surface area contributed by atoms with E-state index < -0.39 is 0 Å². The largest absolute Gasteiger partial charge is 0.450 e. The molecule has 2 N–H and O–H groups in total. The van der Waals surface area contributed by atoms with Crippen molar-refractivity contribution < 1.29 is 9.53 Å². The first-order chi connectivity index (χ1) is 12.1. The smallest absolute Gasteiger partial charge is 0.409 e. The van der Waals surface area contributed by atoms with Gasteiger partial charge in [-0.2, -0.15) is 0 Å². The van der Waals surface area contributed by atoms with Gasteiger partial charge in [0.05, 0.1) is 6.61 Å². The molecule has 0 saturated carbocycles. The van der Waals surface area contributed by atoms with Crippen LogP contribution in [0.4, 0.5) is 4.79 Å². The average Bonchev–Trinajstić information content (AvgIpc) is 2.62. The highest BCUT2D eigenvalue weighted by molar-refractivity contribution is 5.80. The minimum absolute atomic E-state index is 0.196. The van der Waals surface area contributed by atoms with E-state index >= 15 is 0 Å². The summed E-state index contributed by atoms with van der Waals surface area (Å²) in [5, 5.41) is 6.83. The number of carbonyl (C=O) groups excluding carboxylic acids is 1. The second-order valence-corrected chi connectivity index (χ2v) is 6.25. The normalized spacial score (nSPS) is 16.2. The molecule has 1 aliphatic rings. The number of ether oxygens (including phenoxy) is 1. The van der Waals surface area contributed by atoms with Crippen LogP contribution in [0.2, 0.25) is 0 Å². The Bertz CT molecular complexity index is 391. The quantitative estimate of drug-likeness (QED) is 0.376. The summed E-state index contributed by atoms with van der Waals surface area (Å²) in [4.78, 5) is 20.7. The van der Waals surface area contributed by atoms with Crippen LogP contribution < -0.4 is 10.6 Å². The van der Waals surface area contributed by atoms with E-state index in [0.717, 1.165) is 71.0 Å². The molecule has 1 aliphatic heterocycles. The second kappa shape index (κ2) is 12.8. The van der Waals surface area contributed by atoms with E-state index in [9.17, 15) is 4.79 Å². The molecule has 1 fully saturated rings. The average molecular weight is 356 g/mol. The molecule has 7 nitrogen and oxygen atoms in total. The first-order valence-corrected chi connectivity index (χ1v) is 9.83. The van der Waals surface area contributed by atoms with Crippen LogP contribution in [0.3, 0.4) is 0 Å². The molecule has 0 radical (unpaired) electrons. The maximum absolute atomic E-state index is 11.8. The summed E-state index contributed by atoms with van der Waals surface area (Å²) in [5.41, 5.74) is 0. The van der Waals surface area contributed by atoms with Crippen molar-refractivity contribution in [2.75, 3.05) is 52.4 Å². The Hall–Kier alpha value is -1.50. The van der Waals surface area contributed by atoms with Gasteiger partial charge in [-0.3, -0.25) is 4.99 Å². The van der Waals surface area contributed by atoms with Crippen LogP contribution in [0, 0.1) is 0 Å². The summed E-state index contributed by atoms with van der Waals surface area (Å²) in [6.45, 7) is 15.2. The monoisotopic (exact) mass is 355 g/mol. The molecule has 146 valence electrons. The van der Waals surface area contributed by atoms with Crippen LogP contribution >= 0.6 is 0 Å². The van der Waals surface area contributed by atoms with Gasteiger partial charge >= 0.3 is 6.09 Å². The topological polar surface area (TPSA) is 69.2 Å². The first-order valence-electron chi connectivity index (χ1n) is 9.83. The minimum Gasteiger partial charge on any atom is -0.450 e. The third-order valence-electron chi connectivity index (χ3n) is 4.50. The molecule has 7 heteroatoms. The standard InChI is InChI=1S/C18H37N5O2/c1-5-19-17(20-12-9-13-22(6-2)7-3)21-16-10-14-23(15-11-16)18(24)25-8-4/h16H,5-15H2,1-4H3,(H2,19,20,21). The van der Waals surface area contributed by atoms with Gasteiger partial charge in [-0.25, -0.2) is 4.79 Å². The summed E-state index contributed by atoms with van der Waals surface area (Å²) in [6, 6.07) is 0.353. The number of nitrogens with zero attached hydrogens (tertiary/aromatic N) is 3. The van der Waals surface area contributed by atoms with Gasteiger partial charge in [0, 0.05) is 32.2 Å². The zero-order valence-corrected chi connectivity index (χ0v) is 16.5. The molecule has 0 aromatic heterocycles. The number of guanidine groups is 1. The lowest BCUT2D eigenvalue weighted by Gasteiger charge is -2.32. The van der Waals surface area contributed by atoms with E-state index in [1.165, 1.54) is 0 Å².